The highest BCUT2D eigenvalue weighted by molar-refractivity contribution is 6.02. The Labute approximate surface area is 870 Å². The summed E-state index contributed by atoms with van der Waals surface area (Å²) in [6.07, 6.45) is 26.6. The van der Waals surface area contributed by atoms with Crippen LogP contribution in [0.5, 0.6) is 0 Å². The molecule has 840 valence electrons. The summed E-state index contributed by atoms with van der Waals surface area (Å²) in [5, 5.41) is 13.4. The molecule has 3 aromatic rings. The Kier molecular flexibility index (Phi) is 92.9. The first kappa shape index (κ1) is 132. The summed E-state index contributed by atoms with van der Waals surface area (Å²) >= 11 is 0. The van der Waals surface area contributed by atoms with Crippen LogP contribution in [0.15, 0.2) is 91.0 Å². The van der Waals surface area contributed by atoms with Crippen molar-refractivity contribution < 1.29 is 167 Å². The SMILES string of the molecule is O=C(CCCCCCCCCCCCCCC(CCCCCCCCCCCCCCC(=O)OCc1ccccc1)(C(=O)NCCOCCOCCOCCOCCOCCOCCOCCOCCOCCOCCOCCOCCOCCOCCOCCOCCOCCOCCOCCOCCOCCOCCOCCOCCC(=O)ON1C(=O)CCC1O)C(=O)OCc1ccccc1)OCc1ccccc1. The van der Waals surface area contributed by atoms with Crippen molar-refractivity contribution in [3.8, 4) is 0 Å². The van der Waals surface area contributed by atoms with Crippen LogP contribution in [0, 0.1) is 5.41 Å². The smallest absolute Gasteiger partial charge is 0.334 e. The van der Waals surface area contributed by atoms with Gasteiger partial charge < -0.3 is 143 Å². The first-order valence-corrected chi connectivity index (χ1v) is 54.1. The number of rotatable bonds is 114. The zero-order valence-electron chi connectivity index (χ0n) is 88.2. The van der Waals surface area contributed by atoms with Gasteiger partial charge in [0.15, 0.2) is 6.23 Å². The molecule has 1 atom stereocenters. The van der Waals surface area contributed by atoms with Gasteiger partial charge in [0.2, 0.25) is 5.91 Å². The van der Waals surface area contributed by atoms with E-state index in [1.807, 2.05) is 91.0 Å². The van der Waals surface area contributed by atoms with Crippen molar-refractivity contribution in [1.82, 2.24) is 10.4 Å². The minimum Gasteiger partial charge on any atom is -0.461 e. The number of nitrogens with one attached hydrogen (secondary N) is 1. The molecule has 3 aromatic carbocycles. The van der Waals surface area contributed by atoms with E-state index < -0.39 is 29.5 Å². The second kappa shape index (κ2) is 103. The number of aliphatic hydroxyl groups is 1. The average Bonchev–Trinajstić information content (AvgIpc) is 0.929. The van der Waals surface area contributed by atoms with Crippen LogP contribution in [-0.2, 0) is 181 Å². The van der Waals surface area contributed by atoms with Gasteiger partial charge in [0, 0.05) is 32.2 Å². The Balaban J connectivity index is 0.836. The van der Waals surface area contributed by atoms with E-state index in [2.05, 4.69) is 5.32 Å². The number of nitrogens with zero attached hydrogens (tertiary/aromatic N) is 1. The molecule has 0 bridgehead atoms. The normalized spacial score (nSPS) is 12.7. The van der Waals surface area contributed by atoms with Crippen LogP contribution < -0.4 is 5.32 Å². The van der Waals surface area contributed by atoms with Gasteiger partial charge in [-0.05, 0) is 42.4 Å². The zero-order chi connectivity index (χ0) is 104. The monoisotopic (exact) mass is 2080 g/mol. The fourth-order valence-corrected chi connectivity index (χ4v) is 14.7. The molecule has 1 heterocycles. The number of hydrogen-bond donors (Lipinski definition) is 2. The minimum absolute atomic E-state index is 0.0456. The molecule has 0 aliphatic carbocycles. The Bertz CT molecular complexity index is 3290. The number of benzene rings is 3. The average molecular weight is 2080 g/mol. The van der Waals surface area contributed by atoms with Gasteiger partial charge in [-0.15, -0.1) is 5.06 Å². The quantitative estimate of drug-likeness (QED) is 0.0229. The molecule has 37 nitrogen and oxygen atoms in total. The maximum Gasteiger partial charge on any atom is 0.334 e. The summed E-state index contributed by atoms with van der Waals surface area (Å²) in [7, 11) is 0. The standard InChI is InChI=1S/C109H184N2O35/c112-102-42-43-103(113)111(102)146-106(116)44-48-119-50-52-121-54-56-123-58-60-125-62-64-127-66-68-129-70-72-131-74-76-133-78-80-135-82-84-137-86-88-139-90-92-141-94-95-142-93-91-140-89-87-138-85-83-136-81-79-134-77-75-132-73-71-130-69-67-128-65-63-126-61-59-124-57-55-122-53-51-120-49-47-110-107(117)109(108(118)145-98-101-38-28-23-29-39-101,45-32-19-15-11-7-3-1-5-9-13-17-30-40-104(114)143-96-99-34-24-21-25-35-99)46-33-20-16-12-8-4-2-6-10-14-18-31-41-105(115)144-97-100-36-26-22-27-37-100/h21-29,34-39,102,112H,1-20,30-33,40-98H2,(H,110,117). The third kappa shape index (κ3) is 83.2. The van der Waals surface area contributed by atoms with Gasteiger partial charge in [-0.25, -0.2) is 4.79 Å². The van der Waals surface area contributed by atoms with E-state index in [1.165, 1.54) is 51.4 Å². The van der Waals surface area contributed by atoms with E-state index >= 15 is 0 Å². The van der Waals surface area contributed by atoms with E-state index in [4.69, 9.17) is 133 Å². The predicted molar refractivity (Wildman–Crippen MR) is 546 cm³/mol. The van der Waals surface area contributed by atoms with Gasteiger partial charge in [-0.3, -0.25) is 24.0 Å². The molecule has 146 heavy (non-hydrogen) atoms. The summed E-state index contributed by atoms with van der Waals surface area (Å²) in [5.74, 6) is -2.07. The summed E-state index contributed by atoms with van der Waals surface area (Å²) in [4.78, 5) is 81.7. The largest absolute Gasteiger partial charge is 0.461 e. The summed E-state index contributed by atoms with van der Waals surface area (Å²) in [5.41, 5.74) is 1.57. The van der Waals surface area contributed by atoms with Crippen molar-refractivity contribution in [3.63, 3.8) is 0 Å². The second-order valence-corrected chi connectivity index (χ2v) is 34.8. The third-order valence-corrected chi connectivity index (χ3v) is 22.9. The van der Waals surface area contributed by atoms with Crippen molar-refractivity contribution >= 4 is 35.7 Å². The van der Waals surface area contributed by atoms with E-state index in [0.717, 1.165) is 119 Å². The highest BCUT2D eigenvalue weighted by Gasteiger charge is 2.46. The Morgan fingerprint density at radius 2 is 0.459 bits per heavy atom. The van der Waals surface area contributed by atoms with Crippen LogP contribution in [0.2, 0.25) is 0 Å². The lowest BCUT2D eigenvalue weighted by molar-refractivity contribution is -0.221. The van der Waals surface area contributed by atoms with Gasteiger partial charge in [0.25, 0.3) is 5.91 Å². The molecule has 4 rings (SSSR count). The summed E-state index contributed by atoms with van der Waals surface area (Å²) in [6, 6.07) is 29.2. The van der Waals surface area contributed by atoms with Crippen LogP contribution in [0.4, 0.5) is 0 Å². The van der Waals surface area contributed by atoms with E-state index in [0.29, 0.717) is 341 Å². The molecule has 0 radical (unpaired) electrons. The van der Waals surface area contributed by atoms with Gasteiger partial charge >= 0.3 is 23.9 Å². The first-order chi connectivity index (χ1) is 72.2. The molecule has 1 aliphatic rings. The van der Waals surface area contributed by atoms with E-state index in [1.54, 1.807) is 0 Å². The molecular formula is C109H184N2O35. The molecule has 1 aliphatic heterocycles. The van der Waals surface area contributed by atoms with Gasteiger partial charge in [0.05, 0.1) is 324 Å². The molecule has 0 aromatic heterocycles. The fourth-order valence-electron chi connectivity index (χ4n) is 14.7. The summed E-state index contributed by atoms with van der Waals surface area (Å²) in [6.45, 7) is 21.6. The van der Waals surface area contributed by atoms with Gasteiger partial charge in [0.1, 0.15) is 25.2 Å². The van der Waals surface area contributed by atoms with Crippen molar-refractivity contribution in [2.45, 2.75) is 225 Å². The number of hydrogen-bond acceptors (Lipinski definition) is 35. The predicted octanol–water partition coefficient (Wildman–Crippen LogP) is 13.4. The number of ether oxygens (including phenoxy) is 27. The molecular weight excluding hydrogens is 1900 g/mol. The maximum absolute atomic E-state index is 14.6. The number of carbonyl (C=O) groups excluding carboxylic acids is 6. The number of carbonyl (C=O) groups is 6. The number of amides is 2. The number of esters is 3. The zero-order valence-corrected chi connectivity index (χ0v) is 88.2. The summed E-state index contributed by atoms with van der Waals surface area (Å²) < 4.78 is 151. The van der Waals surface area contributed by atoms with E-state index in [-0.39, 0.29) is 70.1 Å². The van der Waals surface area contributed by atoms with Crippen molar-refractivity contribution in [3.05, 3.63) is 108 Å². The van der Waals surface area contributed by atoms with Crippen molar-refractivity contribution in [2.24, 2.45) is 5.41 Å². The minimum atomic E-state index is -1.32. The van der Waals surface area contributed by atoms with Crippen LogP contribution >= 0.6 is 0 Å². The van der Waals surface area contributed by atoms with Crippen molar-refractivity contribution in [1.29, 1.82) is 0 Å². The topological polar surface area (TPSA) is 396 Å². The highest BCUT2D eigenvalue weighted by Crippen LogP contribution is 2.35. The highest BCUT2D eigenvalue weighted by atomic mass is 16.7. The maximum atomic E-state index is 14.6. The third-order valence-electron chi connectivity index (χ3n) is 22.9. The van der Waals surface area contributed by atoms with Gasteiger partial charge in [-0.2, -0.15) is 0 Å². The Morgan fingerprint density at radius 3 is 0.685 bits per heavy atom. The van der Waals surface area contributed by atoms with Crippen LogP contribution in [0.3, 0.4) is 0 Å². The molecule has 37 heteroatoms. The van der Waals surface area contributed by atoms with Crippen LogP contribution in [-0.4, -0.2) is 376 Å². The van der Waals surface area contributed by atoms with Gasteiger partial charge in [-0.1, -0.05) is 232 Å². The molecule has 1 fully saturated rings. The van der Waals surface area contributed by atoms with Crippen molar-refractivity contribution in [2.75, 3.05) is 324 Å². The lowest BCUT2D eigenvalue weighted by atomic mass is 9.76. The van der Waals surface area contributed by atoms with E-state index in [9.17, 15) is 33.9 Å². The molecule has 0 spiro atoms. The first-order valence-electron chi connectivity index (χ1n) is 54.1. The molecule has 2 amide bonds. The molecule has 0 saturated carbocycles. The Morgan fingerprint density at radius 1 is 0.253 bits per heavy atom. The lowest BCUT2D eigenvalue weighted by Crippen LogP contribution is -2.48. The Hall–Kier alpha value is -6.52. The fraction of sp³-hybridized carbons (Fsp3) is 0.780. The van der Waals surface area contributed by atoms with Crippen LogP contribution in [0.25, 0.3) is 0 Å². The number of hydroxylamine groups is 2. The number of aliphatic hydroxyl groups excluding tert-OH is 1. The number of unbranched alkanes of at least 4 members (excludes halogenated alkanes) is 22. The molecule has 1 unspecified atom stereocenters. The lowest BCUT2D eigenvalue weighted by Gasteiger charge is -2.31. The second-order valence-electron chi connectivity index (χ2n) is 34.8. The van der Waals surface area contributed by atoms with Crippen LogP contribution in [0.1, 0.15) is 216 Å². The molecule has 2 N–H and O–H groups in total. The molecule has 1 saturated heterocycles.